The minimum Gasteiger partial charge on any atom is -0.508 e. The highest BCUT2D eigenvalue weighted by atomic mass is 16.5. The summed E-state index contributed by atoms with van der Waals surface area (Å²) in [4.78, 5) is 11.5. The molecule has 0 heterocycles. The summed E-state index contributed by atoms with van der Waals surface area (Å²) in [6, 6.07) is 14.9. The molecule has 1 unspecified atom stereocenters. The average Bonchev–Trinajstić information content (AvgIpc) is 2.70. The van der Waals surface area contributed by atoms with Crippen molar-refractivity contribution in [3.63, 3.8) is 0 Å². The number of esters is 1. The first-order valence-electron chi connectivity index (χ1n) is 9.48. The molecular weight excluding hydrogens is 340 g/mol. The molecule has 0 radical (unpaired) electrons. The minimum atomic E-state index is -0.366. The van der Waals surface area contributed by atoms with Gasteiger partial charge in [-0.15, -0.1) is 0 Å². The summed E-state index contributed by atoms with van der Waals surface area (Å²) in [5, 5.41) is 9.47. The lowest BCUT2D eigenvalue weighted by molar-refractivity contribution is -0.143. The van der Waals surface area contributed by atoms with Gasteiger partial charge in [-0.2, -0.15) is 0 Å². The first-order chi connectivity index (χ1) is 13.1. The topological polar surface area (TPSA) is 55.8 Å². The van der Waals surface area contributed by atoms with Crippen LogP contribution in [0.4, 0.5) is 0 Å². The van der Waals surface area contributed by atoms with Crippen molar-refractivity contribution in [3.05, 3.63) is 61.2 Å². The Hall–Kier alpha value is -2.75. The van der Waals surface area contributed by atoms with Gasteiger partial charge < -0.3 is 14.6 Å². The van der Waals surface area contributed by atoms with Gasteiger partial charge in [0, 0.05) is 11.6 Å². The van der Waals surface area contributed by atoms with Gasteiger partial charge in [-0.1, -0.05) is 56.7 Å². The summed E-state index contributed by atoms with van der Waals surface area (Å²) >= 11 is 0. The van der Waals surface area contributed by atoms with Crippen LogP contribution in [0.3, 0.4) is 0 Å². The molecule has 4 nitrogen and oxygen atoms in total. The van der Waals surface area contributed by atoms with E-state index in [9.17, 15) is 9.90 Å². The number of rotatable bonds is 11. The number of carbonyl (C=O) groups is 1. The Morgan fingerprint density at radius 2 is 1.81 bits per heavy atom. The van der Waals surface area contributed by atoms with Gasteiger partial charge in [-0.3, -0.25) is 0 Å². The summed E-state index contributed by atoms with van der Waals surface area (Å²) in [6.45, 7) is 6.12. The molecule has 2 rings (SSSR count). The van der Waals surface area contributed by atoms with Gasteiger partial charge in [0.1, 0.15) is 17.6 Å². The second kappa shape index (κ2) is 11.1. The number of benzene rings is 2. The Labute approximate surface area is 161 Å². The fourth-order valence-electron chi connectivity index (χ4n) is 2.87. The lowest BCUT2D eigenvalue weighted by atomic mass is 10.0. The molecular formula is C23H28O4. The SMILES string of the molecule is C=CC(=O)OC(CCCC)CCCOc1ccccc1-c1ccc(O)cc1. The molecule has 0 saturated heterocycles. The maximum absolute atomic E-state index is 11.5. The number of phenols is 1. The van der Waals surface area contributed by atoms with Crippen LogP contribution in [0, 0.1) is 0 Å². The summed E-state index contributed by atoms with van der Waals surface area (Å²) in [5.74, 6) is 0.676. The molecule has 0 bridgehead atoms. The largest absolute Gasteiger partial charge is 0.508 e. The predicted octanol–water partition coefficient (Wildman–Crippen LogP) is 5.51. The van der Waals surface area contributed by atoms with E-state index in [-0.39, 0.29) is 17.8 Å². The normalized spacial score (nSPS) is 11.6. The predicted molar refractivity (Wildman–Crippen MR) is 108 cm³/mol. The van der Waals surface area contributed by atoms with E-state index in [4.69, 9.17) is 9.47 Å². The van der Waals surface area contributed by atoms with Crippen LogP contribution >= 0.6 is 0 Å². The number of unbranched alkanes of at least 4 members (excludes halogenated alkanes) is 1. The molecule has 1 atom stereocenters. The van der Waals surface area contributed by atoms with Crippen molar-refractivity contribution in [2.24, 2.45) is 0 Å². The Balaban J connectivity index is 1.91. The third-order valence-electron chi connectivity index (χ3n) is 4.32. The zero-order valence-electron chi connectivity index (χ0n) is 15.9. The van der Waals surface area contributed by atoms with Crippen LogP contribution in [0.25, 0.3) is 11.1 Å². The Kier molecular flexibility index (Phi) is 8.43. The van der Waals surface area contributed by atoms with Crippen molar-refractivity contribution in [2.75, 3.05) is 6.61 Å². The van der Waals surface area contributed by atoms with Crippen molar-refractivity contribution >= 4 is 5.97 Å². The van der Waals surface area contributed by atoms with Gasteiger partial charge in [0.15, 0.2) is 0 Å². The first kappa shape index (κ1) is 20.6. The van der Waals surface area contributed by atoms with Gasteiger partial charge in [-0.05, 0) is 43.0 Å². The van der Waals surface area contributed by atoms with Gasteiger partial charge in [-0.25, -0.2) is 4.79 Å². The number of hydrogen-bond acceptors (Lipinski definition) is 4. The van der Waals surface area contributed by atoms with E-state index in [1.807, 2.05) is 36.4 Å². The third-order valence-corrected chi connectivity index (χ3v) is 4.32. The Morgan fingerprint density at radius 1 is 1.11 bits per heavy atom. The molecule has 0 fully saturated rings. The van der Waals surface area contributed by atoms with Crippen molar-refractivity contribution in [3.8, 4) is 22.6 Å². The summed E-state index contributed by atoms with van der Waals surface area (Å²) < 4.78 is 11.4. The van der Waals surface area contributed by atoms with E-state index in [1.54, 1.807) is 12.1 Å². The standard InChI is InChI=1S/C23H28O4/c1-3-5-9-20(27-23(25)4-2)10-8-17-26-22-12-7-6-11-21(22)18-13-15-19(24)16-14-18/h4,6-7,11-16,20,24H,2-3,5,8-10,17H2,1H3. The van der Waals surface area contributed by atoms with E-state index in [2.05, 4.69) is 13.5 Å². The summed E-state index contributed by atoms with van der Waals surface area (Å²) in [7, 11) is 0. The van der Waals surface area contributed by atoms with Crippen LogP contribution in [0.15, 0.2) is 61.2 Å². The molecule has 2 aromatic carbocycles. The fraction of sp³-hybridized carbons (Fsp3) is 0.348. The first-order valence-corrected chi connectivity index (χ1v) is 9.48. The van der Waals surface area contributed by atoms with Crippen molar-refractivity contribution in [1.29, 1.82) is 0 Å². The molecule has 27 heavy (non-hydrogen) atoms. The van der Waals surface area contributed by atoms with Gasteiger partial charge in [0.05, 0.1) is 6.61 Å². The van der Waals surface area contributed by atoms with Gasteiger partial charge in [0.25, 0.3) is 0 Å². The molecule has 1 N–H and O–H groups in total. The Morgan fingerprint density at radius 3 is 2.52 bits per heavy atom. The lowest BCUT2D eigenvalue weighted by Crippen LogP contribution is -2.18. The highest BCUT2D eigenvalue weighted by molar-refractivity contribution is 5.81. The minimum absolute atomic E-state index is 0.0913. The van der Waals surface area contributed by atoms with E-state index < -0.39 is 0 Å². The average molecular weight is 368 g/mol. The molecule has 0 aliphatic carbocycles. The smallest absolute Gasteiger partial charge is 0.330 e. The molecule has 2 aromatic rings. The van der Waals surface area contributed by atoms with Crippen molar-refractivity contribution in [2.45, 2.75) is 45.1 Å². The molecule has 0 saturated carbocycles. The molecule has 0 aliphatic heterocycles. The number of phenolic OH excluding ortho intramolecular Hbond substituents is 1. The maximum Gasteiger partial charge on any atom is 0.330 e. The third kappa shape index (κ3) is 6.81. The van der Waals surface area contributed by atoms with Crippen LogP contribution in [0.5, 0.6) is 11.5 Å². The monoisotopic (exact) mass is 368 g/mol. The van der Waals surface area contributed by atoms with Crippen LogP contribution in [-0.2, 0) is 9.53 Å². The van der Waals surface area contributed by atoms with Crippen LogP contribution in [-0.4, -0.2) is 23.8 Å². The Bertz CT molecular complexity index is 721. The zero-order valence-corrected chi connectivity index (χ0v) is 15.9. The number of aromatic hydroxyl groups is 1. The fourth-order valence-corrected chi connectivity index (χ4v) is 2.87. The highest BCUT2D eigenvalue weighted by Gasteiger charge is 2.13. The molecule has 0 amide bonds. The van der Waals surface area contributed by atoms with Crippen molar-refractivity contribution < 1.29 is 19.4 Å². The lowest BCUT2D eigenvalue weighted by Gasteiger charge is -2.17. The van der Waals surface area contributed by atoms with Gasteiger partial charge >= 0.3 is 5.97 Å². The molecule has 144 valence electrons. The molecule has 0 aromatic heterocycles. The maximum atomic E-state index is 11.5. The van der Waals surface area contributed by atoms with E-state index in [0.717, 1.165) is 49.0 Å². The summed E-state index contributed by atoms with van der Waals surface area (Å²) in [5.41, 5.74) is 1.97. The second-order valence-corrected chi connectivity index (χ2v) is 6.44. The molecule has 0 aliphatic rings. The number of ether oxygens (including phenoxy) is 2. The highest BCUT2D eigenvalue weighted by Crippen LogP contribution is 2.31. The summed E-state index contributed by atoms with van der Waals surface area (Å²) in [6.07, 6.45) is 5.64. The second-order valence-electron chi connectivity index (χ2n) is 6.44. The molecule has 0 spiro atoms. The van der Waals surface area contributed by atoms with Crippen LogP contribution < -0.4 is 4.74 Å². The zero-order chi connectivity index (χ0) is 19.5. The number of para-hydroxylation sites is 1. The van der Waals surface area contributed by atoms with E-state index in [1.165, 1.54) is 6.08 Å². The van der Waals surface area contributed by atoms with Crippen LogP contribution in [0.1, 0.15) is 39.0 Å². The van der Waals surface area contributed by atoms with E-state index in [0.29, 0.717) is 6.61 Å². The van der Waals surface area contributed by atoms with Crippen LogP contribution in [0.2, 0.25) is 0 Å². The van der Waals surface area contributed by atoms with Crippen molar-refractivity contribution in [1.82, 2.24) is 0 Å². The molecule has 4 heteroatoms. The number of carbonyl (C=O) groups excluding carboxylic acids is 1. The van der Waals surface area contributed by atoms with Gasteiger partial charge in [0.2, 0.25) is 0 Å². The van der Waals surface area contributed by atoms with E-state index >= 15 is 0 Å². The quantitative estimate of drug-likeness (QED) is 0.323. The number of hydrogen-bond donors (Lipinski definition) is 1.